The summed E-state index contributed by atoms with van der Waals surface area (Å²) in [5.41, 5.74) is -0.233. The molecule has 5 N–H and O–H groups in total. The largest absolute Gasteiger partial charge is 0.407 e. The summed E-state index contributed by atoms with van der Waals surface area (Å²) in [5.74, 6) is -1.32. The van der Waals surface area contributed by atoms with Crippen molar-refractivity contribution >= 4 is 69.0 Å². The number of nitrogens with zero attached hydrogens (tertiary/aromatic N) is 7. The van der Waals surface area contributed by atoms with E-state index in [0.29, 0.717) is 5.56 Å². The van der Waals surface area contributed by atoms with E-state index in [1.54, 1.807) is 30.3 Å². The normalized spacial score (nSPS) is 25.4. The third-order valence-corrected chi connectivity index (χ3v) is 18.4. The molecule has 0 radical (unpaired) electrons. The average Bonchev–Trinajstić information content (AvgIpc) is 4.00. The number of amides is 1. The van der Waals surface area contributed by atoms with Gasteiger partial charge in [-0.1, -0.05) is 39.0 Å². The molecular formula is C37H46FN9O13P2SSi. The van der Waals surface area contributed by atoms with Crippen LogP contribution in [-0.2, 0) is 48.4 Å². The number of halogens is 1. The SMILES string of the molecule is CC(C)(C)[Si](C)(C)OC1[C@H](O[PH](=O)O)C(COP(=S)(OCCC#N)O[C@@H]2[C@H](O)C(CO)O[C@H]2n2cnc3c(NC(=O)c4ccccc4)ncnc32)O[C@H]1n1cc(F)c2c(=O)[nH]cnc21. The Labute approximate surface area is 371 Å². The van der Waals surface area contributed by atoms with Gasteiger partial charge in [-0.3, -0.25) is 23.2 Å². The van der Waals surface area contributed by atoms with Crippen molar-refractivity contribution in [1.29, 1.82) is 5.26 Å². The van der Waals surface area contributed by atoms with E-state index in [1.165, 1.54) is 21.8 Å². The Morgan fingerprint density at radius 2 is 1.80 bits per heavy atom. The number of benzene rings is 1. The summed E-state index contributed by atoms with van der Waals surface area (Å²) in [6.07, 6.45) is -6.42. The van der Waals surface area contributed by atoms with Gasteiger partial charge in [-0.25, -0.2) is 24.3 Å². The smallest absolute Gasteiger partial charge is 0.327 e. The Morgan fingerprint density at radius 1 is 1.08 bits per heavy atom. The number of nitrogens with one attached hydrogen (secondary N) is 2. The number of nitriles is 1. The highest BCUT2D eigenvalue weighted by molar-refractivity contribution is 8.07. The first-order chi connectivity index (χ1) is 30.4. The number of rotatable bonds is 17. The number of fused-ring (bicyclic) bond motifs is 2. The monoisotopic (exact) mass is 965 g/mol. The highest BCUT2D eigenvalue weighted by Gasteiger charge is 2.54. The number of aromatic amines is 1. The van der Waals surface area contributed by atoms with E-state index < -0.39 is 108 Å². The number of ether oxygens (including phenoxy) is 2. The van der Waals surface area contributed by atoms with Gasteiger partial charge in [-0.2, -0.15) is 5.26 Å². The van der Waals surface area contributed by atoms with Gasteiger partial charge in [-0.15, -0.1) is 0 Å². The van der Waals surface area contributed by atoms with Crippen molar-refractivity contribution < 1.29 is 60.9 Å². The molecule has 0 saturated carbocycles. The lowest BCUT2D eigenvalue weighted by atomic mass is 10.1. The number of anilines is 1. The van der Waals surface area contributed by atoms with Gasteiger partial charge >= 0.3 is 15.0 Å². The zero-order valence-corrected chi connectivity index (χ0v) is 38.6. The average molecular weight is 966 g/mol. The van der Waals surface area contributed by atoms with Gasteiger partial charge in [0.15, 0.2) is 49.2 Å². The predicted octanol–water partition coefficient (Wildman–Crippen LogP) is 3.82. The maximum Gasteiger partial charge on any atom is 0.327 e. The van der Waals surface area contributed by atoms with E-state index in [9.17, 15) is 34.5 Å². The number of aliphatic hydroxyl groups excluding tert-OH is 2. The molecule has 10 atom stereocenters. The molecule has 2 fully saturated rings. The minimum absolute atomic E-state index is 0.0618. The van der Waals surface area contributed by atoms with Crippen LogP contribution in [0.3, 0.4) is 0 Å². The number of imidazole rings is 1. The van der Waals surface area contributed by atoms with Crippen LogP contribution in [0.5, 0.6) is 0 Å². The van der Waals surface area contributed by atoms with Gasteiger partial charge in [-0.05, 0) is 42.1 Å². The number of carbonyl (C=O) groups excluding carboxylic acids is 1. The zero-order valence-electron chi connectivity index (χ0n) is 34.9. The molecule has 64 heavy (non-hydrogen) atoms. The predicted molar refractivity (Wildman–Crippen MR) is 230 cm³/mol. The molecule has 0 bridgehead atoms. The fraction of sp³-hybridized carbons (Fsp3) is 0.486. The van der Waals surface area contributed by atoms with E-state index in [2.05, 4.69) is 30.2 Å². The zero-order chi connectivity index (χ0) is 46.1. The molecule has 5 unspecified atom stereocenters. The van der Waals surface area contributed by atoms with Gasteiger partial charge in [0.05, 0.1) is 45.0 Å². The van der Waals surface area contributed by atoms with E-state index in [1.807, 2.05) is 39.9 Å². The number of carbonyl (C=O) groups is 1. The summed E-state index contributed by atoms with van der Waals surface area (Å²) in [7, 11) is -6.54. The van der Waals surface area contributed by atoms with E-state index in [0.717, 1.165) is 12.5 Å². The van der Waals surface area contributed by atoms with E-state index in [-0.39, 0.29) is 41.0 Å². The molecule has 5 aromatic rings. The second-order valence-electron chi connectivity index (χ2n) is 16.2. The fourth-order valence-corrected chi connectivity index (χ4v) is 10.8. The topological polar surface area (TPSA) is 290 Å². The lowest BCUT2D eigenvalue weighted by molar-refractivity contribution is -0.0575. The number of hydrogen-bond acceptors (Lipinski definition) is 18. The summed E-state index contributed by atoms with van der Waals surface area (Å²) >= 11 is 5.88. The maximum absolute atomic E-state index is 15.4. The highest BCUT2D eigenvalue weighted by atomic mass is 32.5. The van der Waals surface area contributed by atoms with Crippen LogP contribution >= 0.6 is 15.0 Å². The number of hydrogen-bond donors (Lipinski definition) is 5. The van der Waals surface area contributed by atoms with Crippen molar-refractivity contribution in [2.24, 2.45) is 0 Å². The minimum Gasteiger partial charge on any atom is -0.407 e. The van der Waals surface area contributed by atoms with Crippen LogP contribution in [0, 0.1) is 17.1 Å². The van der Waals surface area contributed by atoms with Crippen molar-refractivity contribution in [3.05, 3.63) is 77.2 Å². The van der Waals surface area contributed by atoms with Crippen LogP contribution in [0.15, 0.2) is 60.3 Å². The second kappa shape index (κ2) is 19.3. The van der Waals surface area contributed by atoms with Gasteiger partial charge in [0.1, 0.15) is 48.3 Å². The number of H-pyrrole nitrogens is 1. The van der Waals surface area contributed by atoms with Gasteiger partial charge in [0, 0.05) is 11.8 Å². The molecule has 2 aliphatic rings. The molecule has 4 aromatic heterocycles. The van der Waals surface area contributed by atoms with Crippen molar-refractivity contribution in [2.45, 2.75) is 94.4 Å². The molecule has 6 heterocycles. The van der Waals surface area contributed by atoms with E-state index >= 15 is 4.39 Å². The quantitative estimate of drug-likeness (QED) is 0.0503. The molecule has 0 spiro atoms. The summed E-state index contributed by atoms with van der Waals surface area (Å²) in [5, 5.41) is 33.1. The number of aliphatic hydroxyl groups is 2. The van der Waals surface area contributed by atoms with Gasteiger partial charge in [0.25, 0.3) is 11.5 Å². The first kappa shape index (κ1) is 47.7. The first-order valence-corrected chi connectivity index (χ1v) is 26.5. The van der Waals surface area contributed by atoms with Crippen LogP contribution in [0.4, 0.5) is 10.2 Å². The molecule has 7 rings (SSSR count). The molecule has 2 saturated heterocycles. The Kier molecular flexibility index (Phi) is 14.4. The summed E-state index contributed by atoms with van der Waals surface area (Å²) in [6, 6.07) is 10.3. The summed E-state index contributed by atoms with van der Waals surface area (Å²) in [6.45, 7) is 4.02. The molecule has 0 aliphatic carbocycles. The second-order valence-corrected chi connectivity index (χ2v) is 24.7. The molecular weight excluding hydrogens is 920 g/mol. The van der Waals surface area contributed by atoms with Crippen molar-refractivity contribution in [1.82, 2.24) is 34.1 Å². The maximum atomic E-state index is 15.4. The highest BCUT2D eigenvalue weighted by Crippen LogP contribution is 2.55. The van der Waals surface area contributed by atoms with Crippen LogP contribution in [0.1, 0.15) is 50.0 Å². The third kappa shape index (κ3) is 9.81. The Hall–Kier alpha value is -4.22. The van der Waals surface area contributed by atoms with Gasteiger partial charge in [0.2, 0.25) is 0 Å². The fourth-order valence-electron chi connectivity index (χ4n) is 6.93. The van der Waals surface area contributed by atoms with Crippen molar-refractivity contribution in [3.63, 3.8) is 0 Å². The van der Waals surface area contributed by atoms with E-state index in [4.69, 9.17) is 43.8 Å². The minimum atomic E-state index is -4.16. The molecule has 344 valence electrons. The van der Waals surface area contributed by atoms with Crippen molar-refractivity contribution in [3.8, 4) is 6.07 Å². The number of aromatic nitrogens is 7. The Bertz CT molecular complexity index is 2670. The standard InChI is InChI=1S/C37H46FN9O13P2SSi/c1-37(2,3)64(4,5)60-29-27(58-61(52)53)23(57-36(29)46-14-21(38)24-31(46)41-18-43-34(24)51)16-55-62(63,54-13-9-12-39)59-28-26(49)22(15-48)56-35(28)47-19-44-25-30(40-17-42-32(25)47)45-33(50)20-10-7-6-8-11-20/h6-8,10-11,14,17-19,22-23,26-29,35-36,48-49,61H,9,13,15-16H2,1-5H3,(H,52,53)(H,41,43,51)(H,40,42,45,50)/t22?,23?,26-,27-,28-,29?,35-,36-,62?/m1/s1. The van der Waals surface area contributed by atoms with Crippen LogP contribution in [0.25, 0.3) is 22.2 Å². The Morgan fingerprint density at radius 3 is 2.48 bits per heavy atom. The van der Waals surface area contributed by atoms with Gasteiger partial charge < -0.3 is 57.4 Å². The Balaban J connectivity index is 1.21. The summed E-state index contributed by atoms with van der Waals surface area (Å²) < 4.78 is 73.9. The lowest BCUT2D eigenvalue weighted by Crippen LogP contribution is -2.49. The first-order valence-electron chi connectivity index (χ1n) is 19.8. The third-order valence-electron chi connectivity index (χ3n) is 11.1. The molecule has 2 aliphatic heterocycles. The van der Waals surface area contributed by atoms with Crippen LogP contribution in [-0.4, -0.2) is 120 Å². The van der Waals surface area contributed by atoms with Crippen LogP contribution < -0.4 is 10.9 Å². The van der Waals surface area contributed by atoms with Crippen LogP contribution in [0.2, 0.25) is 18.1 Å². The molecule has 1 aromatic carbocycles. The lowest BCUT2D eigenvalue weighted by Gasteiger charge is -2.40. The summed E-state index contributed by atoms with van der Waals surface area (Å²) in [4.78, 5) is 55.3. The molecule has 22 nitrogen and oxygen atoms in total. The molecule has 27 heteroatoms. The van der Waals surface area contributed by atoms with Crippen molar-refractivity contribution in [2.75, 3.05) is 25.1 Å². The molecule has 1 amide bonds.